The molecule has 0 saturated heterocycles. The van der Waals surface area contributed by atoms with Crippen LogP contribution in [0, 0.1) is 0 Å². The number of aryl methyl sites for hydroxylation is 3. The van der Waals surface area contributed by atoms with Gasteiger partial charge in [0.2, 0.25) is 0 Å². The van der Waals surface area contributed by atoms with Gasteiger partial charge in [0.15, 0.2) is 0 Å². The van der Waals surface area contributed by atoms with Gasteiger partial charge in [-0.15, -0.1) is 0 Å². The summed E-state index contributed by atoms with van der Waals surface area (Å²) in [6, 6.07) is 26.4. The molecule has 5 heteroatoms. The van der Waals surface area contributed by atoms with Gasteiger partial charge in [-0.2, -0.15) is 0 Å². The molecule has 0 heterocycles. The predicted molar refractivity (Wildman–Crippen MR) is 157 cm³/mol. The molecule has 3 aromatic carbocycles. The van der Waals surface area contributed by atoms with E-state index in [2.05, 4.69) is 32.0 Å². The van der Waals surface area contributed by atoms with Crippen LogP contribution in [0.1, 0.15) is 86.6 Å². The zero-order valence-corrected chi connectivity index (χ0v) is 24.2. The molecule has 0 bridgehead atoms. The van der Waals surface area contributed by atoms with Crippen LogP contribution in [0.2, 0.25) is 0 Å². The van der Waals surface area contributed by atoms with Crippen molar-refractivity contribution < 1.29 is 18.1 Å². The van der Waals surface area contributed by atoms with E-state index in [9.17, 15) is 4.57 Å². The molecule has 0 saturated carbocycles. The number of unbranched alkanes of at least 4 members (excludes halogenated alkanes) is 4. The van der Waals surface area contributed by atoms with Gasteiger partial charge in [0.25, 0.3) is 0 Å². The van der Waals surface area contributed by atoms with Gasteiger partial charge in [-0.1, -0.05) is 118 Å². The van der Waals surface area contributed by atoms with E-state index in [0.29, 0.717) is 6.61 Å². The van der Waals surface area contributed by atoms with E-state index in [1.807, 2.05) is 60.7 Å². The Labute approximate surface area is 230 Å². The summed E-state index contributed by atoms with van der Waals surface area (Å²) in [6.07, 6.45) is 11.4. The van der Waals surface area contributed by atoms with Gasteiger partial charge >= 0.3 is 7.82 Å². The summed E-state index contributed by atoms with van der Waals surface area (Å²) in [7, 11) is -3.73. The van der Waals surface area contributed by atoms with Gasteiger partial charge in [0.05, 0.1) is 19.8 Å². The summed E-state index contributed by atoms with van der Waals surface area (Å²) < 4.78 is 30.9. The first-order valence-electron chi connectivity index (χ1n) is 14.3. The molecular weight excluding hydrogens is 491 g/mol. The molecular formula is C33H45O4P. The zero-order valence-electron chi connectivity index (χ0n) is 23.3. The van der Waals surface area contributed by atoms with Crippen LogP contribution >= 0.6 is 7.82 Å². The van der Waals surface area contributed by atoms with Crippen LogP contribution in [0.4, 0.5) is 0 Å². The number of rotatable bonds is 19. The summed E-state index contributed by atoms with van der Waals surface area (Å²) in [5, 5.41) is 0. The average molecular weight is 537 g/mol. The van der Waals surface area contributed by atoms with Crippen LogP contribution in [0.25, 0.3) is 0 Å². The van der Waals surface area contributed by atoms with Crippen molar-refractivity contribution in [1.29, 1.82) is 0 Å². The number of phosphoric ester groups is 1. The Balaban J connectivity index is 1.59. The van der Waals surface area contributed by atoms with Gasteiger partial charge in [-0.05, 0) is 66.3 Å². The van der Waals surface area contributed by atoms with E-state index in [0.717, 1.165) is 36.8 Å². The molecule has 0 aliphatic rings. The normalized spacial score (nSPS) is 11.6. The van der Waals surface area contributed by atoms with Crippen molar-refractivity contribution in [1.82, 2.24) is 0 Å². The lowest BCUT2D eigenvalue weighted by Gasteiger charge is -2.19. The van der Waals surface area contributed by atoms with Crippen molar-refractivity contribution in [2.45, 2.75) is 91.3 Å². The molecule has 38 heavy (non-hydrogen) atoms. The van der Waals surface area contributed by atoms with Gasteiger partial charge in [-0.25, -0.2) is 4.57 Å². The van der Waals surface area contributed by atoms with Crippen LogP contribution in [0.5, 0.6) is 0 Å². The van der Waals surface area contributed by atoms with Gasteiger partial charge < -0.3 is 0 Å². The number of benzene rings is 3. The molecule has 3 rings (SSSR count). The van der Waals surface area contributed by atoms with Crippen molar-refractivity contribution >= 4 is 7.82 Å². The quantitative estimate of drug-likeness (QED) is 0.113. The van der Waals surface area contributed by atoms with Crippen LogP contribution < -0.4 is 0 Å². The predicted octanol–water partition coefficient (Wildman–Crippen LogP) is 9.64. The molecule has 0 fully saturated rings. The maximum atomic E-state index is 13.5. The van der Waals surface area contributed by atoms with Crippen LogP contribution in [-0.2, 0) is 50.6 Å². The fraction of sp³-hybridized carbons (Fsp3) is 0.455. The molecule has 0 aliphatic heterocycles. The number of phosphoric acid groups is 1. The summed E-state index contributed by atoms with van der Waals surface area (Å²) in [4.78, 5) is 0. The van der Waals surface area contributed by atoms with Crippen LogP contribution in [0.15, 0.2) is 78.9 Å². The minimum absolute atomic E-state index is 0.175. The highest BCUT2D eigenvalue weighted by Gasteiger charge is 2.27. The first kappa shape index (κ1) is 30.3. The first-order chi connectivity index (χ1) is 18.6. The molecule has 0 unspecified atom stereocenters. The van der Waals surface area contributed by atoms with Crippen molar-refractivity contribution in [3.63, 3.8) is 0 Å². The van der Waals surface area contributed by atoms with E-state index in [1.165, 1.54) is 55.2 Å². The average Bonchev–Trinajstić information content (AvgIpc) is 2.95. The van der Waals surface area contributed by atoms with E-state index in [-0.39, 0.29) is 13.2 Å². The minimum atomic E-state index is -3.73. The Morgan fingerprint density at radius 1 is 0.553 bits per heavy atom. The Kier molecular flexibility index (Phi) is 13.9. The maximum Gasteiger partial charge on any atom is 0.475 e. The van der Waals surface area contributed by atoms with Crippen molar-refractivity contribution in [3.05, 3.63) is 107 Å². The molecule has 206 valence electrons. The summed E-state index contributed by atoms with van der Waals surface area (Å²) in [5.41, 5.74) is 6.12. The smallest absolute Gasteiger partial charge is 0.287 e. The lowest BCUT2D eigenvalue weighted by molar-refractivity contribution is 0.102. The fourth-order valence-corrected chi connectivity index (χ4v) is 5.65. The third-order valence-corrected chi connectivity index (χ3v) is 8.08. The molecule has 0 aromatic heterocycles. The topological polar surface area (TPSA) is 44.8 Å². The van der Waals surface area contributed by atoms with Gasteiger partial charge in [-0.3, -0.25) is 13.6 Å². The maximum absolute atomic E-state index is 13.5. The highest BCUT2D eigenvalue weighted by Crippen LogP contribution is 2.51. The molecule has 0 aliphatic carbocycles. The minimum Gasteiger partial charge on any atom is -0.287 e. The third-order valence-electron chi connectivity index (χ3n) is 6.69. The van der Waals surface area contributed by atoms with E-state index < -0.39 is 7.82 Å². The summed E-state index contributed by atoms with van der Waals surface area (Å²) >= 11 is 0. The second-order valence-electron chi connectivity index (χ2n) is 9.92. The lowest BCUT2D eigenvalue weighted by Crippen LogP contribution is -2.04. The molecule has 0 amide bonds. The first-order valence-corrected chi connectivity index (χ1v) is 15.8. The molecule has 3 aromatic rings. The second kappa shape index (κ2) is 17.4. The molecule has 0 spiro atoms. The Bertz CT molecular complexity index is 1040. The monoisotopic (exact) mass is 536 g/mol. The number of hydrogen-bond donors (Lipinski definition) is 0. The lowest BCUT2D eigenvalue weighted by atomic mass is 9.94. The van der Waals surface area contributed by atoms with Crippen molar-refractivity contribution in [2.75, 3.05) is 6.61 Å². The summed E-state index contributed by atoms with van der Waals surface area (Å²) in [6.45, 7) is 5.16. The molecule has 0 radical (unpaired) electrons. The largest absolute Gasteiger partial charge is 0.475 e. The summed E-state index contributed by atoms with van der Waals surface area (Å²) in [5.74, 6) is 0. The van der Waals surface area contributed by atoms with E-state index in [1.54, 1.807) is 0 Å². The van der Waals surface area contributed by atoms with Crippen molar-refractivity contribution in [3.8, 4) is 0 Å². The standard InChI is InChI=1S/C33H45O4P/c1-3-5-9-16-29-23-24-32(33(26-29)21-10-6-4-2)22-15-25-35-38(34,36-27-30-17-11-7-12-18-30)37-28-31-19-13-8-14-20-31/h7-8,11-14,17-20,23-24,26H,3-6,9-10,15-16,21-22,25,27-28H2,1-2H3. The number of hydrogen-bond acceptors (Lipinski definition) is 4. The zero-order chi connectivity index (χ0) is 26.9. The molecule has 0 N–H and O–H groups in total. The Hall–Kier alpha value is -2.23. The SMILES string of the molecule is CCCCCc1ccc(CCCOP(=O)(OCc2ccccc2)OCc2ccccc2)c(CCCCC)c1. The van der Waals surface area contributed by atoms with Crippen molar-refractivity contribution in [2.24, 2.45) is 0 Å². The van der Waals surface area contributed by atoms with Gasteiger partial charge in [0, 0.05) is 0 Å². The Morgan fingerprint density at radius 3 is 1.68 bits per heavy atom. The Morgan fingerprint density at radius 2 is 1.11 bits per heavy atom. The highest BCUT2D eigenvalue weighted by molar-refractivity contribution is 7.48. The van der Waals surface area contributed by atoms with E-state index >= 15 is 0 Å². The van der Waals surface area contributed by atoms with Gasteiger partial charge in [0.1, 0.15) is 0 Å². The molecule has 4 nitrogen and oxygen atoms in total. The molecule has 0 atom stereocenters. The highest BCUT2D eigenvalue weighted by atomic mass is 31.2. The van der Waals surface area contributed by atoms with E-state index in [4.69, 9.17) is 13.6 Å². The van der Waals surface area contributed by atoms with Crippen LogP contribution in [0.3, 0.4) is 0 Å². The fourth-order valence-electron chi connectivity index (χ4n) is 4.46. The third kappa shape index (κ3) is 11.3. The second-order valence-corrected chi connectivity index (χ2v) is 11.6. The van der Waals surface area contributed by atoms with Crippen LogP contribution in [-0.4, -0.2) is 6.61 Å².